The van der Waals surface area contributed by atoms with Gasteiger partial charge in [-0.2, -0.15) is 0 Å². The molecule has 0 bridgehead atoms. The fourth-order valence-corrected chi connectivity index (χ4v) is 2.74. The Labute approximate surface area is 128 Å². The van der Waals surface area contributed by atoms with Gasteiger partial charge in [0.25, 0.3) is 0 Å². The van der Waals surface area contributed by atoms with Crippen molar-refractivity contribution in [1.82, 2.24) is 26.2 Å². The fourth-order valence-electron chi connectivity index (χ4n) is 2.74. The molecule has 0 unspecified atom stereocenters. The number of likely N-dealkylation sites (N-methyl/N-ethyl adjacent to an activating group) is 1. The van der Waals surface area contributed by atoms with Crippen LogP contribution < -0.4 is 27.0 Å². The van der Waals surface area contributed by atoms with Crippen LogP contribution in [0.1, 0.15) is 13.3 Å². The van der Waals surface area contributed by atoms with E-state index in [1.807, 2.05) is 7.05 Å². The lowest BCUT2D eigenvalue weighted by Gasteiger charge is -2.27. The van der Waals surface area contributed by atoms with Crippen LogP contribution in [0.15, 0.2) is 0 Å². The molecular formula is C14H32N6O. The number of nitrogens with two attached hydrogens (primary N) is 1. The predicted octanol–water partition coefficient (Wildman–Crippen LogP) is -1.24. The highest BCUT2D eigenvalue weighted by molar-refractivity contribution is 5.73. The van der Waals surface area contributed by atoms with Crippen LogP contribution >= 0.6 is 0 Å². The molecule has 0 radical (unpaired) electrons. The highest BCUT2D eigenvalue weighted by atomic mass is 16.2. The lowest BCUT2D eigenvalue weighted by molar-refractivity contribution is 0.215. The third-order valence-corrected chi connectivity index (χ3v) is 3.97. The number of carbonyl (C=O) groups excluding carboxylic acids is 1. The van der Waals surface area contributed by atoms with Crippen molar-refractivity contribution in [2.75, 3.05) is 53.4 Å². The van der Waals surface area contributed by atoms with E-state index in [1.54, 1.807) is 7.05 Å². The van der Waals surface area contributed by atoms with Gasteiger partial charge in [-0.05, 0) is 25.9 Å². The van der Waals surface area contributed by atoms with Gasteiger partial charge in [0.1, 0.15) is 0 Å². The Hall–Kier alpha value is -0.890. The number of rotatable bonds is 9. The molecule has 1 heterocycles. The third-order valence-electron chi connectivity index (χ3n) is 3.97. The minimum atomic E-state index is -0.101. The third kappa shape index (κ3) is 6.60. The largest absolute Gasteiger partial charge is 0.341 e. The molecule has 0 aromatic rings. The van der Waals surface area contributed by atoms with Crippen molar-refractivity contribution in [3.63, 3.8) is 0 Å². The SMILES string of the molecule is CNCCNC[C@@H]1C[C@@H](NC(=O)NC)CN1C[C@@H](C)CN. The van der Waals surface area contributed by atoms with E-state index in [1.165, 1.54) is 0 Å². The van der Waals surface area contributed by atoms with Crippen LogP contribution in [0.4, 0.5) is 4.79 Å². The van der Waals surface area contributed by atoms with E-state index in [0.717, 1.165) is 39.1 Å². The Bertz CT molecular complexity index is 301. The minimum Gasteiger partial charge on any atom is -0.341 e. The second-order valence-corrected chi connectivity index (χ2v) is 5.91. The second-order valence-electron chi connectivity index (χ2n) is 5.91. The van der Waals surface area contributed by atoms with Crippen molar-refractivity contribution >= 4 is 6.03 Å². The van der Waals surface area contributed by atoms with Crippen LogP contribution in [-0.4, -0.2) is 76.4 Å². The van der Waals surface area contributed by atoms with Gasteiger partial charge in [0, 0.05) is 51.9 Å². The van der Waals surface area contributed by atoms with Crippen LogP contribution in [-0.2, 0) is 0 Å². The van der Waals surface area contributed by atoms with Gasteiger partial charge in [-0.3, -0.25) is 4.90 Å². The van der Waals surface area contributed by atoms with E-state index in [2.05, 4.69) is 33.1 Å². The summed E-state index contributed by atoms with van der Waals surface area (Å²) in [5.41, 5.74) is 5.74. The molecule has 1 saturated heterocycles. The van der Waals surface area contributed by atoms with E-state index in [9.17, 15) is 4.79 Å². The molecule has 0 spiro atoms. The first-order valence-corrected chi connectivity index (χ1v) is 7.88. The number of nitrogens with one attached hydrogen (secondary N) is 4. The molecule has 1 aliphatic rings. The minimum absolute atomic E-state index is 0.101. The van der Waals surface area contributed by atoms with Crippen molar-refractivity contribution in [2.45, 2.75) is 25.4 Å². The van der Waals surface area contributed by atoms with Crippen molar-refractivity contribution in [1.29, 1.82) is 0 Å². The summed E-state index contributed by atoms with van der Waals surface area (Å²) in [4.78, 5) is 13.9. The first kappa shape index (κ1) is 18.2. The van der Waals surface area contributed by atoms with Gasteiger partial charge in [-0.15, -0.1) is 0 Å². The number of carbonyl (C=O) groups is 1. The average molecular weight is 300 g/mol. The molecule has 21 heavy (non-hydrogen) atoms. The zero-order valence-corrected chi connectivity index (χ0v) is 13.6. The van der Waals surface area contributed by atoms with Gasteiger partial charge in [0.05, 0.1) is 0 Å². The Morgan fingerprint density at radius 1 is 1.38 bits per heavy atom. The van der Waals surface area contributed by atoms with Gasteiger partial charge in [0.2, 0.25) is 0 Å². The number of hydrogen-bond acceptors (Lipinski definition) is 5. The summed E-state index contributed by atoms with van der Waals surface area (Å²) in [6.45, 7) is 7.63. The van der Waals surface area contributed by atoms with Crippen molar-refractivity contribution in [3.8, 4) is 0 Å². The molecule has 7 heteroatoms. The van der Waals surface area contributed by atoms with Crippen LogP contribution in [0, 0.1) is 5.92 Å². The first-order valence-electron chi connectivity index (χ1n) is 7.88. The lowest BCUT2D eigenvalue weighted by Crippen LogP contribution is -2.43. The summed E-state index contributed by atoms with van der Waals surface area (Å²) < 4.78 is 0. The summed E-state index contributed by atoms with van der Waals surface area (Å²) >= 11 is 0. The maximum atomic E-state index is 11.5. The summed E-state index contributed by atoms with van der Waals surface area (Å²) in [7, 11) is 3.60. The fraction of sp³-hybridized carbons (Fsp3) is 0.929. The maximum Gasteiger partial charge on any atom is 0.314 e. The monoisotopic (exact) mass is 300 g/mol. The van der Waals surface area contributed by atoms with E-state index >= 15 is 0 Å². The van der Waals surface area contributed by atoms with Crippen molar-refractivity contribution in [3.05, 3.63) is 0 Å². The van der Waals surface area contributed by atoms with E-state index < -0.39 is 0 Å². The zero-order valence-electron chi connectivity index (χ0n) is 13.6. The normalized spacial score (nSPS) is 24.0. The average Bonchev–Trinajstić information content (AvgIpc) is 2.84. The molecule has 3 atom stereocenters. The topological polar surface area (TPSA) is 94.4 Å². The lowest BCUT2D eigenvalue weighted by atomic mass is 10.1. The van der Waals surface area contributed by atoms with Crippen LogP contribution in [0.25, 0.3) is 0 Å². The smallest absolute Gasteiger partial charge is 0.314 e. The van der Waals surface area contributed by atoms with Gasteiger partial charge in [-0.25, -0.2) is 4.79 Å². The molecule has 7 nitrogen and oxygen atoms in total. The zero-order chi connectivity index (χ0) is 15.7. The Balaban J connectivity index is 2.47. The molecule has 6 N–H and O–H groups in total. The number of hydrogen-bond donors (Lipinski definition) is 5. The van der Waals surface area contributed by atoms with E-state index in [4.69, 9.17) is 5.73 Å². The molecule has 0 aliphatic carbocycles. The van der Waals surface area contributed by atoms with Crippen LogP contribution in [0.3, 0.4) is 0 Å². The molecular weight excluding hydrogens is 268 g/mol. The predicted molar refractivity (Wildman–Crippen MR) is 86.4 cm³/mol. The number of amides is 2. The Morgan fingerprint density at radius 3 is 2.76 bits per heavy atom. The summed E-state index contributed by atoms with van der Waals surface area (Å²) in [5, 5.41) is 12.2. The van der Waals surface area contributed by atoms with Crippen LogP contribution in [0.2, 0.25) is 0 Å². The molecule has 124 valence electrons. The summed E-state index contributed by atoms with van der Waals surface area (Å²) in [5.74, 6) is 0.476. The van der Waals surface area contributed by atoms with Crippen LogP contribution in [0.5, 0.6) is 0 Å². The molecule has 2 amide bonds. The maximum absolute atomic E-state index is 11.5. The molecule has 0 saturated carbocycles. The molecule has 1 rings (SSSR count). The Morgan fingerprint density at radius 2 is 2.14 bits per heavy atom. The number of urea groups is 1. The molecule has 0 aromatic carbocycles. The van der Waals surface area contributed by atoms with Gasteiger partial charge in [0.15, 0.2) is 0 Å². The van der Waals surface area contributed by atoms with Gasteiger partial charge in [-0.1, -0.05) is 6.92 Å². The summed E-state index contributed by atoms with van der Waals surface area (Å²) in [6, 6.07) is 0.569. The highest BCUT2D eigenvalue weighted by Crippen LogP contribution is 2.18. The highest BCUT2D eigenvalue weighted by Gasteiger charge is 2.32. The van der Waals surface area contributed by atoms with E-state index in [0.29, 0.717) is 18.5 Å². The number of likely N-dealkylation sites (tertiary alicyclic amines) is 1. The molecule has 1 fully saturated rings. The summed E-state index contributed by atoms with van der Waals surface area (Å²) in [6.07, 6.45) is 0.983. The second kappa shape index (κ2) is 9.94. The standard InChI is InChI=1S/C14H32N6O/c1-11(7-15)9-20-10-12(19-14(21)17-3)6-13(20)8-18-5-4-16-2/h11-13,16,18H,4-10,15H2,1-3H3,(H2,17,19,21)/t11-,12+,13-/m0/s1. The van der Waals surface area contributed by atoms with Gasteiger partial charge >= 0.3 is 6.03 Å². The molecule has 0 aromatic heterocycles. The first-order chi connectivity index (χ1) is 10.1. The quantitative estimate of drug-likeness (QED) is 0.344. The van der Waals surface area contributed by atoms with Crippen molar-refractivity contribution < 1.29 is 4.79 Å². The van der Waals surface area contributed by atoms with Gasteiger partial charge < -0.3 is 27.0 Å². The molecule has 1 aliphatic heterocycles. The van der Waals surface area contributed by atoms with E-state index in [-0.39, 0.29) is 12.1 Å². The Kier molecular flexibility index (Phi) is 8.60. The number of nitrogens with zero attached hydrogens (tertiary/aromatic N) is 1. The van der Waals surface area contributed by atoms with Crippen molar-refractivity contribution in [2.24, 2.45) is 11.7 Å².